The topological polar surface area (TPSA) is 75.6 Å². The number of benzene rings is 1. The summed E-state index contributed by atoms with van der Waals surface area (Å²) in [7, 11) is 0. The van der Waals surface area contributed by atoms with Gasteiger partial charge in [0.2, 0.25) is 0 Å². The number of aliphatic carboxylic acids is 1. The Morgan fingerprint density at radius 3 is 2.39 bits per heavy atom. The number of amides is 1. The van der Waals surface area contributed by atoms with Crippen LogP contribution in [0.5, 0.6) is 0 Å². The predicted molar refractivity (Wildman–Crippen MR) is 86.9 cm³/mol. The molecule has 2 unspecified atom stereocenters. The standard InChI is InChI=1S/C18H25NO4/c1-13-8-14(2)10-18(9-13,11-16(20)21)19-17(22)23-12-15-6-4-3-5-7-15/h3-7,13-14H,8-12H2,1-2H3,(H,19,22)(H,20,21). The van der Waals surface area contributed by atoms with Crippen LogP contribution in [0, 0.1) is 11.8 Å². The van der Waals surface area contributed by atoms with Crippen molar-refractivity contribution in [3.8, 4) is 0 Å². The normalized spacial score (nSPS) is 27.2. The fourth-order valence-electron chi connectivity index (χ4n) is 3.83. The molecule has 126 valence electrons. The maximum Gasteiger partial charge on any atom is 0.407 e. The predicted octanol–water partition coefficient (Wildman–Crippen LogP) is 3.58. The van der Waals surface area contributed by atoms with Gasteiger partial charge < -0.3 is 15.2 Å². The first kappa shape index (κ1) is 17.3. The van der Waals surface area contributed by atoms with Crippen molar-refractivity contribution in [2.45, 2.75) is 51.7 Å². The molecule has 5 heteroatoms. The molecule has 23 heavy (non-hydrogen) atoms. The van der Waals surface area contributed by atoms with Crippen LogP contribution in [0.1, 0.15) is 45.1 Å². The number of hydrogen-bond acceptors (Lipinski definition) is 3. The van der Waals surface area contributed by atoms with E-state index < -0.39 is 17.6 Å². The SMILES string of the molecule is CC1CC(C)CC(CC(=O)O)(NC(=O)OCc2ccccc2)C1. The number of carboxylic acid groups (broad SMARTS) is 1. The van der Waals surface area contributed by atoms with Crippen molar-refractivity contribution in [1.82, 2.24) is 5.32 Å². The van der Waals surface area contributed by atoms with Crippen molar-refractivity contribution in [2.24, 2.45) is 11.8 Å². The van der Waals surface area contributed by atoms with Crippen LogP contribution in [0.25, 0.3) is 0 Å². The molecule has 1 aromatic rings. The number of nitrogens with one attached hydrogen (secondary N) is 1. The highest BCUT2D eigenvalue weighted by atomic mass is 16.5. The van der Waals surface area contributed by atoms with Crippen molar-refractivity contribution in [1.29, 1.82) is 0 Å². The van der Waals surface area contributed by atoms with E-state index in [-0.39, 0.29) is 13.0 Å². The molecule has 1 amide bonds. The lowest BCUT2D eigenvalue weighted by Gasteiger charge is -2.42. The maximum absolute atomic E-state index is 12.2. The van der Waals surface area contributed by atoms with Gasteiger partial charge in [0.15, 0.2) is 0 Å². The van der Waals surface area contributed by atoms with E-state index in [1.165, 1.54) is 0 Å². The monoisotopic (exact) mass is 319 g/mol. The molecule has 1 aliphatic rings. The van der Waals surface area contributed by atoms with Crippen LogP contribution in [-0.4, -0.2) is 22.7 Å². The molecule has 1 aliphatic carbocycles. The van der Waals surface area contributed by atoms with Crippen LogP contribution >= 0.6 is 0 Å². The number of hydrogen-bond donors (Lipinski definition) is 2. The summed E-state index contributed by atoms with van der Waals surface area (Å²) in [5, 5.41) is 12.1. The highest BCUT2D eigenvalue weighted by Gasteiger charge is 2.41. The molecule has 0 radical (unpaired) electrons. The second-order valence-electron chi connectivity index (χ2n) is 6.89. The van der Waals surface area contributed by atoms with Crippen molar-refractivity contribution in [3.63, 3.8) is 0 Å². The first-order chi connectivity index (χ1) is 10.9. The molecule has 0 heterocycles. The van der Waals surface area contributed by atoms with E-state index in [1.807, 2.05) is 30.3 Å². The van der Waals surface area contributed by atoms with Gasteiger partial charge in [-0.05, 0) is 36.7 Å². The zero-order chi connectivity index (χ0) is 16.9. The summed E-state index contributed by atoms with van der Waals surface area (Å²) >= 11 is 0. The quantitative estimate of drug-likeness (QED) is 0.869. The first-order valence-corrected chi connectivity index (χ1v) is 8.09. The lowest BCUT2D eigenvalue weighted by Crippen LogP contribution is -2.54. The fourth-order valence-corrected chi connectivity index (χ4v) is 3.83. The second-order valence-corrected chi connectivity index (χ2v) is 6.89. The highest BCUT2D eigenvalue weighted by Crippen LogP contribution is 2.38. The van der Waals surface area contributed by atoms with Gasteiger partial charge in [-0.2, -0.15) is 0 Å². The van der Waals surface area contributed by atoms with E-state index >= 15 is 0 Å². The van der Waals surface area contributed by atoms with Gasteiger partial charge in [0.05, 0.1) is 12.0 Å². The van der Waals surface area contributed by atoms with Gasteiger partial charge >= 0.3 is 12.1 Å². The van der Waals surface area contributed by atoms with Crippen LogP contribution in [0.2, 0.25) is 0 Å². The Morgan fingerprint density at radius 1 is 1.22 bits per heavy atom. The third kappa shape index (κ3) is 5.27. The molecular weight excluding hydrogens is 294 g/mol. The zero-order valence-electron chi connectivity index (χ0n) is 13.7. The molecule has 0 spiro atoms. The smallest absolute Gasteiger partial charge is 0.407 e. The number of alkyl carbamates (subject to hydrolysis) is 1. The fraction of sp³-hybridized carbons (Fsp3) is 0.556. The molecule has 0 aliphatic heterocycles. The van der Waals surface area contributed by atoms with E-state index in [1.54, 1.807) is 0 Å². The molecule has 5 nitrogen and oxygen atoms in total. The molecule has 0 bridgehead atoms. The average Bonchev–Trinajstić information content (AvgIpc) is 2.44. The third-order valence-electron chi connectivity index (χ3n) is 4.35. The molecule has 1 saturated carbocycles. The zero-order valence-corrected chi connectivity index (χ0v) is 13.7. The minimum absolute atomic E-state index is 0.0673. The van der Waals surface area contributed by atoms with Gasteiger partial charge in [-0.25, -0.2) is 4.79 Å². The molecule has 0 aromatic heterocycles. The average molecular weight is 319 g/mol. The Hall–Kier alpha value is -2.04. The number of rotatable bonds is 5. The Bertz CT molecular complexity index is 533. The van der Waals surface area contributed by atoms with E-state index in [0.717, 1.165) is 12.0 Å². The lowest BCUT2D eigenvalue weighted by atomic mass is 9.70. The van der Waals surface area contributed by atoms with Crippen molar-refractivity contribution < 1.29 is 19.4 Å². The summed E-state index contributed by atoms with van der Waals surface area (Å²) in [6.45, 7) is 4.38. The van der Waals surface area contributed by atoms with Gasteiger partial charge in [0, 0.05) is 0 Å². The Morgan fingerprint density at radius 2 is 1.83 bits per heavy atom. The number of carbonyl (C=O) groups is 2. The Kier molecular flexibility index (Phi) is 5.64. The summed E-state index contributed by atoms with van der Waals surface area (Å²) < 4.78 is 5.26. The van der Waals surface area contributed by atoms with Crippen molar-refractivity contribution >= 4 is 12.1 Å². The van der Waals surface area contributed by atoms with E-state index in [0.29, 0.717) is 24.7 Å². The van der Waals surface area contributed by atoms with Crippen LogP contribution in [0.4, 0.5) is 4.79 Å². The van der Waals surface area contributed by atoms with Crippen LogP contribution in [0.15, 0.2) is 30.3 Å². The van der Waals surface area contributed by atoms with Gasteiger partial charge in [-0.3, -0.25) is 4.79 Å². The van der Waals surface area contributed by atoms with Crippen LogP contribution in [-0.2, 0) is 16.1 Å². The molecule has 2 N–H and O–H groups in total. The largest absolute Gasteiger partial charge is 0.481 e. The third-order valence-corrected chi connectivity index (χ3v) is 4.35. The van der Waals surface area contributed by atoms with Gasteiger partial charge in [0.25, 0.3) is 0 Å². The van der Waals surface area contributed by atoms with E-state index in [9.17, 15) is 14.7 Å². The summed E-state index contributed by atoms with van der Waals surface area (Å²) in [6.07, 6.45) is 1.79. The lowest BCUT2D eigenvalue weighted by molar-refractivity contribution is -0.139. The molecule has 1 aromatic carbocycles. The first-order valence-electron chi connectivity index (χ1n) is 8.09. The summed E-state index contributed by atoms with van der Waals surface area (Å²) in [5.41, 5.74) is 0.191. The highest BCUT2D eigenvalue weighted by molar-refractivity contribution is 5.72. The van der Waals surface area contributed by atoms with Gasteiger partial charge in [-0.15, -0.1) is 0 Å². The van der Waals surface area contributed by atoms with Gasteiger partial charge in [-0.1, -0.05) is 44.2 Å². The number of ether oxygens (including phenoxy) is 1. The van der Waals surface area contributed by atoms with E-state index in [2.05, 4.69) is 19.2 Å². The van der Waals surface area contributed by atoms with E-state index in [4.69, 9.17) is 4.74 Å². The molecular formula is C18H25NO4. The van der Waals surface area contributed by atoms with Gasteiger partial charge in [0.1, 0.15) is 6.61 Å². The van der Waals surface area contributed by atoms with Crippen molar-refractivity contribution in [3.05, 3.63) is 35.9 Å². The van der Waals surface area contributed by atoms with Crippen molar-refractivity contribution in [2.75, 3.05) is 0 Å². The summed E-state index contributed by atoms with van der Waals surface area (Å²) in [5.74, 6) is -0.130. The molecule has 2 atom stereocenters. The summed E-state index contributed by atoms with van der Waals surface area (Å²) in [6, 6.07) is 9.42. The van der Waals surface area contributed by atoms with Crippen LogP contribution < -0.4 is 5.32 Å². The molecule has 0 saturated heterocycles. The second kappa shape index (κ2) is 7.49. The number of carboxylic acids is 1. The summed E-state index contributed by atoms with van der Waals surface area (Å²) in [4.78, 5) is 23.4. The minimum atomic E-state index is -0.894. The molecule has 2 rings (SSSR count). The maximum atomic E-state index is 12.2. The molecule has 1 fully saturated rings. The Balaban J connectivity index is 1.99. The number of carbonyl (C=O) groups excluding carboxylic acids is 1. The van der Waals surface area contributed by atoms with Crippen LogP contribution in [0.3, 0.4) is 0 Å². The Labute approximate surface area is 137 Å². The minimum Gasteiger partial charge on any atom is -0.481 e.